The van der Waals surface area contributed by atoms with Crippen molar-refractivity contribution in [2.45, 2.75) is 25.3 Å². The molecule has 0 aliphatic carbocycles. The van der Waals surface area contributed by atoms with Gasteiger partial charge in [0.15, 0.2) is 0 Å². The van der Waals surface area contributed by atoms with E-state index in [1.165, 1.54) is 0 Å². The van der Waals surface area contributed by atoms with Crippen LogP contribution in [-0.2, 0) is 4.74 Å². The Hall–Kier alpha value is -1.75. The van der Waals surface area contributed by atoms with Crippen LogP contribution in [0.4, 0.5) is 10.5 Å². The van der Waals surface area contributed by atoms with Gasteiger partial charge < -0.3 is 14.8 Å². The second kappa shape index (κ2) is 5.56. The molecule has 0 radical (unpaired) electrons. The van der Waals surface area contributed by atoms with E-state index in [0.29, 0.717) is 12.5 Å². The fourth-order valence-electron chi connectivity index (χ4n) is 3.44. The average Bonchev–Trinajstić information content (AvgIpc) is 2.85. The molecule has 1 unspecified atom stereocenters. The van der Waals surface area contributed by atoms with Crippen LogP contribution >= 0.6 is 0 Å². The summed E-state index contributed by atoms with van der Waals surface area (Å²) >= 11 is 0. The normalized spacial score (nSPS) is 26.8. The van der Waals surface area contributed by atoms with Gasteiger partial charge in [0.05, 0.1) is 18.3 Å². The van der Waals surface area contributed by atoms with E-state index in [1.807, 2.05) is 29.2 Å². The van der Waals surface area contributed by atoms with Crippen molar-refractivity contribution >= 4 is 11.8 Å². The van der Waals surface area contributed by atoms with Crippen molar-refractivity contribution in [2.24, 2.45) is 5.92 Å². The molecule has 1 amide bonds. The molecule has 1 aromatic rings. The summed E-state index contributed by atoms with van der Waals surface area (Å²) in [5.41, 5.74) is 0.559. The third kappa shape index (κ3) is 2.46. The monoisotopic (exact) mass is 290 g/mol. The lowest BCUT2D eigenvalue weighted by Gasteiger charge is -2.41. The number of hydrogen-bond donors (Lipinski definition) is 1. The smallest absolute Gasteiger partial charge is 0.415 e. The molecule has 1 aromatic carbocycles. The lowest BCUT2D eigenvalue weighted by Crippen LogP contribution is -2.53. The Morgan fingerprint density at radius 2 is 2.14 bits per heavy atom. The number of methoxy groups -OCH3 is 1. The van der Waals surface area contributed by atoms with Gasteiger partial charge in [-0.05, 0) is 50.9 Å². The zero-order valence-corrected chi connectivity index (χ0v) is 12.6. The highest BCUT2D eigenvalue weighted by atomic mass is 16.6. The van der Waals surface area contributed by atoms with Gasteiger partial charge in [0.2, 0.25) is 0 Å². The third-order valence-electron chi connectivity index (χ3n) is 4.71. The molecule has 21 heavy (non-hydrogen) atoms. The Morgan fingerprint density at radius 3 is 2.86 bits per heavy atom. The van der Waals surface area contributed by atoms with Gasteiger partial charge in [0.25, 0.3) is 0 Å². The summed E-state index contributed by atoms with van der Waals surface area (Å²) in [4.78, 5) is 14.1. The number of benzene rings is 1. The average molecular weight is 290 g/mol. The molecule has 2 saturated heterocycles. The van der Waals surface area contributed by atoms with Crippen LogP contribution in [0, 0.1) is 5.92 Å². The Morgan fingerprint density at radius 1 is 1.38 bits per heavy atom. The number of ether oxygens (including phenoxy) is 2. The van der Waals surface area contributed by atoms with Crippen molar-refractivity contribution in [3.63, 3.8) is 0 Å². The zero-order chi connectivity index (χ0) is 14.9. The number of nitrogens with zero attached hydrogens (tertiary/aromatic N) is 1. The molecule has 5 nitrogen and oxygen atoms in total. The molecule has 2 fully saturated rings. The molecule has 0 saturated carbocycles. The molecule has 1 N–H and O–H groups in total. The summed E-state index contributed by atoms with van der Waals surface area (Å²) in [5.74, 6) is 1.19. The molecule has 2 aliphatic heterocycles. The maximum atomic E-state index is 12.3. The Balaban J connectivity index is 1.94. The number of nitrogens with one attached hydrogen (secondary N) is 1. The maximum Gasteiger partial charge on any atom is 0.415 e. The van der Waals surface area contributed by atoms with Crippen LogP contribution in [0.25, 0.3) is 0 Å². The van der Waals surface area contributed by atoms with E-state index < -0.39 is 0 Å². The fraction of sp³-hybridized carbons (Fsp3) is 0.562. The topological polar surface area (TPSA) is 50.8 Å². The summed E-state index contributed by atoms with van der Waals surface area (Å²) in [5, 5.41) is 3.38. The number of piperidine rings is 1. The molecule has 2 aliphatic rings. The lowest BCUT2D eigenvalue weighted by atomic mass is 9.79. The Bertz CT molecular complexity index is 528. The van der Waals surface area contributed by atoms with Crippen molar-refractivity contribution in [3.05, 3.63) is 24.3 Å². The zero-order valence-electron chi connectivity index (χ0n) is 12.6. The van der Waals surface area contributed by atoms with Crippen molar-refractivity contribution in [3.8, 4) is 5.75 Å². The van der Waals surface area contributed by atoms with Crippen LogP contribution in [0.5, 0.6) is 5.75 Å². The molecule has 1 atom stereocenters. The number of cyclic esters (lactones) is 1. The second-order valence-corrected chi connectivity index (χ2v) is 5.97. The highest BCUT2D eigenvalue weighted by Crippen LogP contribution is 2.40. The quantitative estimate of drug-likeness (QED) is 0.929. The van der Waals surface area contributed by atoms with Gasteiger partial charge in [-0.25, -0.2) is 4.79 Å². The highest BCUT2D eigenvalue weighted by Gasteiger charge is 2.49. The first-order valence-electron chi connectivity index (χ1n) is 7.47. The van der Waals surface area contributed by atoms with Gasteiger partial charge in [-0.1, -0.05) is 6.07 Å². The van der Waals surface area contributed by atoms with Crippen LogP contribution in [0.1, 0.15) is 19.8 Å². The summed E-state index contributed by atoms with van der Waals surface area (Å²) in [7, 11) is 1.63. The minimum absolute atomic E-state index is 0.260. The Kier molecular flexibility index (Phi) is 3.76. The van der Waals surface area contributed by atoms with Crippen LogP contribution in [-0.4, -0.2) is 38.4 Å². The van der Waals surface area contributed by atoms with Crippen LogP contribution < -0.4 is 15.0 Å². The molecule has 0 spiro atoms. The van der Waals surface area contributed by atoms with Crippen molar-refractivity contribution in [1.82, 2.24) is 5.32 Å². The van der Waals surface area contributed by atoms with Crippen molar-refractivity contribution in [1.29, 1.82) is 0 Å². The number of anilines is 1. The number of amides is 1. The van der Waals surface area contributed by atoms with Crippen LogP contribution in [0.2, 0.25) is 0 Å². The minimum atomic E-state index is -0.286. The van der Waals surface area contributed by atoms with E-state index in [9.17, 15) is 4.79 Å². The standard InChI is InChI=1S/C16H22N2O3/c1-16(12-6-8-17-9-7-12)11-21-15(19)18(16)13-4-3-5-14(10-13)20-2/h3-5,10,12,17H,6-9,11H2,1-2H3. The van der Waals surface area contributed by atoms with E-state index >= 15 is 0 Å². The first-order valence-corrected chi connectivity index (χ1v) is 7.47. The first-order chi connectivity index (χ1) is 10.1. The lowest BCUT2D eigenvalue weighted by molar-refractivity contribution is 0.156. The second-order valence-electron chi connectivity index (χ2n) is 5.97. The predicted molar refractivity (Wildman–Crippen MR) is 80.8 cm³/mol. The predicted octanol–water partition coefficient (Wildman–Crippen LogP) is 2.41. The molecule has 114 valence electrons. The number of rotatable bonds is 3. The highest BCUT2D eigenvalue weighted by molar-refractivity contribution is 5.91. The van der Waals surface area contributed by atoms with E-state index in [2.05, 4.69) is 12.2 Å². The number of hydrogen-bond acceptors (Lipinski definition) is 4. The number of carbonyl (C=O) groups is 1. The molecule has 0 bridgehead atoms. The maximum absolute atomic E-state index is 12.3. The van der Waals surface area contributed by atoms with Crippen molar-refractivity contribution in [2.75, 3.05) is 31.7 Å². The van der Waals surface area contributed by atoms with Crippen LogP contribution in [0.15, 0.2) is 24.3 Å². The van der Waals surface area contributed by atoms with E-state index in [1.54, 1.807) is 7.11 Å². The SMILES string of the molecule is COc1cccc(N2C(=O)OCC2(C)C2CCNCC2)c1. The molecule has 0 aromatic heterocycles. The van der Waals surface area contributed by atoms with Gasteiger partial charge in [-0.3, -0.25) is 4.90 Å². The summed E-state index contributed by atoms with van der Waals surface area (Å²) in [6.07, 6.45) is 1.87. The summed E-state index contributed by atoms with van der Waals surface area (Å²) in [6, 6.07) is 7.62. The van der Waals surface area contributed by atoms with E-state index in [-0.39, 0.29) is 11.6 Å². The number of carbonyl (C=O) groups excluding carboxylic acids is 1. The van der Waals surface area contributed by atoms with Crippen LogP contribution in [0.3, 0.4) is 0 Å². The molecule has 3 rings (SSSR count). The first kappa shape index (κ1) is 14.2. The molecular formula is C16H22N2O3. The summed E-state index contributed by atoms with van der Waals surface area (Å²) in [6.45, 7) is 4.59. The van der Waals surface area contributed by atoms with Gasteiger partial charge in [0, 0.05) is 6.07 Å². The summed E-state index contributed by atoms with van der Waals surface area (Å²) < 4.78 is 10.7. The van der Waals surface area contributed by atoms with Gasteiger partial charge in [-0.2, -0.15) is 0 Å². The molecular weight excluding hydrogens is 268 g/mol. The minimum Gasteiger partial charge on any atom is -0.497 e. The third-order valence-corrected chi connectivity index (χ3v) is 4.71. The van der Waals surface area contributed by atoms with E-state index in [4.69, 9.17) is 9.47 Å². The Labute approximate surface area is 125 Å². The van der Waals surface area contributed by atoms with Crippen molar-refractivity contribution < 1.29 is 14.3 Å². The fourth-order valence-corrected chi connectivity index (χ4v) is 3.44. The van der Waals surface area contributed by atoms with Gasteiger partial charge in [-0.15, -0.1) is 0 Å². The molecule has 5 heteroatoms. The van der Waals surface area contributed by atoms with Gasteiger partial charge in [0.1, 0.15) is 12.4 Å². The largest absolute Gasteiger partial charge is 0.497 e. The molecule has 2 heterocycles. The van der Waals surface area contributed by atoms with Gasteiger partial charge >= 0.3 is 6.09 Å². The van der Waals surface area contributed by atoms with E-state index in [0.717, 1.165) is 37.4 Å².